The van der Waals surface area contributed by atoms with Crippen molar-refractivity contribution in [1.82, 2.24) is 10.2 Å². The van der Waals surface area contributed by atoms with Crippen LogP contribution in [0.1, 0.15) is 18.1 Å². The van der Waals surface area contributed by atoms with Crippen LogP contribution in [0.15, 0.2) is 48.5 Å². The van der Waals surface area contributed by atoms with Crippen LogP contribution in [0.2, 0.25) is 0 Å². The number of carbonyl (C=O) groups excluding carboxylic acids is 1. The molecule has 1 aliphatic rings. The van der Waals surface area contributed by atoms with E-state index in [1.54, 1.807) is 6.92 Å². The Morgan fingerprint density at radius 3 is 2.19 bits per heavy atom. The fraction of sp³-hybridized carbons (Fsp3) is 0.381. The number of carbonyl (C=O) groups is 1. The standard InChI is InChI=1S/C21H28N4O/c1-17(26)23-11-10-18-2-4-19(5-3-18)16-24-12-14-25(15-13-24)21-8-6-20(22)7-9-21/h2-9H,10-16,22H2,1H3,(H,23,26). The molecule has 0 aromatic heterocycles. The Kier molecular flexibility index (Phi) is 6.12. The van der Waals surface area contributed by atoms with Gasteiger partial charge >= 0.3 is 0 Å². The maximum Gasteiger partial charge on any atom is 0.216 e. The summed E-state index contributed by atoms with van der Waals surface area (Å²) in [5.74, 6) is 0.0275. The Labute approximate surface area is 155 Å². The largest absolute Gasteiger partial charge is 0.399 e. The Balaban J connectivity index is 1.45. The van der Waals surface area contributed by atoms with Gasteiger partial charge in [-0.1, -0.05) is 24.3 Å². The van der Waals surface area contributed by atoms with Gasteiger partial charge in [0, 0.05) is 57.6 Å². The van der Waals surface area contributed by atoms with Gasteiger partial charge in [-0.25, -0.2) is 0 Å². The molecule has 0 radical (unpaired) electrons. The molecular formula is C21H28N4O. The number of rotatable bonds is 6. The van der Waals surface area contributed by atoms with Gasteiger partial charge in [0.2, 0.25) is 5.91 Å². The van der Waals surface area contributed by atoms with Crippen molar-refractivity contribution in [2.75, 3.05) is 43.4 Å². The molecule has 1 fully saturated rings. The first-order valence-electron chi connectivity index (χ1n) is 9.25. The fourth-order valence-corrected chi connectivity index (χ4v) is 3.30. The summed E-state index contributed by atoms with van der Waals surface area (Å²) >= 11 is 0. The van der Waals surface area contributed by atoms with Gasteiger partial charge < -0.3 is 16.0 Å². The van der Waals surface area contributed by atoms with Crippen molar-refractivity contribution in [3.05, 3.63) is 59.7 Å². The minimum Gasteiger partial charge on any atom is -0.399 e. The average Bonchev–Trinajstić information content (AvgIpc) is 2.64. The Morgan fingerprint density at radius 1 is 0.962 bits per heavy atom. The number of nitrogens with two attached hydrogens (primary N) is 1. The van der Waals surface area contributed by atoms with E-state index in [-0.39, 0.29) is 5.91 Å². The van der Waals surface area contributed by atoms with E-state index in [4.69, 9.17) is 5.73 Å². The zero-order valence-corrected chi connectivity index (χ0v) is 15.4. The van der Waals surface area contributed by atoms with Crippen molar-refractivity contribution in [2.45, 2.75) is 19.9 Å². The zero-order valence-electron chi connectivity index (χ0n) is 15.4. The lowest BCUT2D eigenvalue weighted by atomic mass is 10.1. The summed E-state index contributed by atoms with van der Waals surface area (Å²) in [4.78, 5) is 15.8. The van der Waals surface area contributed by atoms with Crippen LogP contribution in [0, 0.1) is 0 Å². The number of anilines is 2. The number of piperazine rings is 1. The first-order chi connectivity index (χ1) is 12.6. The molecular weight excluding hydrogens is 324 g/mol. The number of hydrogen-bond acceptors (Lipinski definition) is 4. The third-order valence-corrected chi connectivity index (χ3v) is 4.85. The number of hydrogen-bond donors (Lipinski definition) is 2. The zero-order chi connectivity index (χ0) is 18.4. The molecule has 3 rings (SSSR count). The highest BCUT2D eigenvalue weighted by Crippen LogP contribution is 2.19. The van der Waals surface area contributed by atoms with Crippen molar-refractivity contribution in [2.24, 2.45) is 0 Å². The Morgan fingerprint density at radius 2 is 1.58 bits per heavy atom. The summed E-state index contributed by atoms with van der Waals surface area (Å²) in [5, 5.41) is 2.84. The van der Waals surface area contributed by atoms with Crippen molar-refractivity contribution < 1.29 is 4.79 Å². The number of nitrogen functional groups attached to an aromatic ring is 1. The first kappa shape index (κ1) is 18.3. The molecule has 2 aromatic carbocycles. The summed E-state index contributed by atoms with van der Waals surface area (Å²) in [6.45, 7) is 7.44. The van der Waals surface area contributed by atoms with Gasteiger partial charge in [-0.2, -0.15) is 0 Å². The smallest absolute Gasteiger partial charge is 0.216 e. The number of benzene rings is 2. The second-order valence-corrected chi connectivity index (χ2v) is 6.90. The number of amides is 1. The van der Waals surface area contributed by atoms with Gasteiger partial charge in [-0.15, -0.1) is 0 Å². The molecule has 0 bridgehead atoms. The predicted molar refractivity (Wildman–Crippen MR) is 107 cm³/mol. The van der Waals surface area contributed by atoms with E-state index >= 15 is 0 Å². The van der Waals surface area contributed by atoms with Gasteiger partial charge in [-0.3, -0.25) is 9.69 Å². The maximum atomic E-state index is 10.9. The molecule has 26 heavy (non-hydrogen) atoms. The van der Waals surface area contributed by atoms with Crippen LogP contribution in [-0.2, 0) is 17.8 Å². The van der Waals surface area contributed by atoms with Crippen molar-refractivity contribution >= 4 is 17.3 Å². The van der Waals surface area contributed by atoms with Gasteiger partial charge in [-0.05, 0) is 41.8 Å². The SMILES string of the molecule is CC(=O)NCCc1ccc(CN2CCN(c3ccc(N)cc3)CC2)cc1. The second kappa shape index (κ2) is 8.72. The molecule has 0 spiro atoms. The lowest BCUT2D eigenvalue weighted by Crippen LogP contribution is -2.45. The quantitative estimate of drug-likeness (QED) is 0.783. The summed E-state index contributed by atoms with van der Waals surface area (Å²) in [7, 11) is 0. The Bertz CT molecular complexity index is 704. The third kappa shape index (κ3) is 5.23. The highest BCUT2D eigenvalue weighted by atomic mass is 16.1. The van der Waals surface area contributed by atoms with Gasteiger partial charge in [0.25, 0.3) is 0 Å². The van der Waals surface area contributed by atoms with Gasteiger partial charge in [0.05, 0.1) is 0 Å². The molecule has 0 saturated carbocycles. The lowest BCUT2D eigenvalue weighted by Gasteiger charge is -2.36. The van der Waals surface area contributed by atoms with Crippen LogP contribution in [0.3, 0.4) is 0 Å². The van der Waals surface area contributed by atoms with Crippen LogP contribution in [0.4, 0.5) is 11.4 Å². The fourth-order valence-electron chi connectivity index (χ4n) is 3.30. The van der Waals surface area contributed by atoms with E-state index in [9.17, 15) is 4.79 Å². The van der Waals surface area contributed by atoms with Crippen molar-refractivity contribution in [3.8, 4) is 0 Å². The molecule has 3 N–H and O–H groups in total. The topological polar surface area (TPSA) is 61.6 Å². The van der Waals surface area contributed by atoms with E-state index in [2.05, 4.69) is 51.5 Å². The van der Waals surface area contributed by atoms with E-state index in [1.807, 2.05) is 12.1 Å². The molecule has 1 saturated heterocycles. The van der Waals surface area contributed by atoms with Gasteiger partial charge in [0.1, 0.15) is 0 Å². The molecule has 0 aliphatic carbocycles. The van der Waals surface area contributed by atoms with E-state index in [0.717, 1.165) is 44.8 Å². The van der Waals surface area contributed by atoms with Crippen LogP contribution < -0.4 is 16.0 Å². The highest BCUT2D eigenvalue weighted by molar-refractivity contribution is 5.72. The minimum absolute atomic E-state index is 0.0275. The van der Waals surface area contributed by atoms with E-state index in [0.29, 0.717) is 6.54 Å². The van der Waals surface area contributed by atoms with E-state index < -0.39 is 0 Å². The predicted octanol–water partition coefficient (Wildman–Crippen LogP) is 2.27. The van der Waals surface area contributed by atoms with E-state index in [1.165, 1.54) is 16.8 Å². The van der Waals surface area contributed by atoms with Crippen LogP contribution in [-0.4, -0.2) is 43.5 Å². The highest BCUT2D eigenvalue weighted by Gasteiger charge is 2.17. The number of nitrogens with one attached hydrogen (secondary N) is 1. The second-order valence-electron chi connectivity index (χ2n) is 6.90. The maximum absolute atomic E-state index is 10.9. The third-order valence-electron chi connectivity index (χ3n) is 4.85. The average molecular weight is 352 g/mol. The lowest BCUT2D eigenvalue weighted by molar-refractivity contribution is -0.118. The van der Waals surface area contributed by atoms with Crippen LogP contribution in [0.5, 0.6) is 0 Å². The summed E-state index contributed by atoms with van der Waals surface area (Å²) in [5.41, 5.74) is 10.4. The van der Waals surface area contributed by atoms with Crippen molar-refractivity contribution in [3.63, 3.8) is 0 Å². The summed E-state index contributed by atoms with van der Waals surface area (Å²) in [6, 6.07) is 16.9. The van der Waals surface area contributed by atoms with Gasteiger partial charge in [0.15, 0.2) is 0 Å². The summed E-state index contributed by atoms with van der Waals surface area (Å²) in [6.07, 6.45) is 0.875. The molecule has 2 aromatic rings. The molecule has 1 heterocycles. The molecule has 1 amide bonds. The first-order valence-corrected chi connectivity index (χ1v) is 9.25. The molecule has 5 heteroatoms. The normalized spacial score (nSPS) is 15.0. The summed E-state index contributed by atoms with van der Waals surface area (Å²) < 4.78 is 0. The Hall–Kier alpha value is -2.53. The minimum atomic E-state index is 0.0275. The molecule has 5 nitrogen and oxygen atoms in total. The van der Waals surface area contributed by atoms with Crippen LogP contribution >= 0.6 is 0 Å². The number of nitrogens with zero attached hydrogens (tertiary/aromatic N) is 2. The molecule has 0 unspecified atom stereocenters. The monoisotopic (exact) mass is 352 g/mol. The molecule has 1 aliphatic heterocycles. The van der Waals surface area contributed by atoms with Crippen LogP contribution in [0.25, 0.3) is 0 Å². The van der Waals surface area contributed by atoms with Crippen molar-refractivity contribution in [1.29, 1.82) is 0 Å². The molecule has 138 valence electrons. The molecule has 0 atom stereocenters.